The van der Waals surface area contributed by atoms with Crippen LogP contribution in [0.15, 0.2) is 47.7 Å². The smallest absolute Gasteiger partial charge is 0.367 e. The van der Waals surface area contributed by atoms with Gasteiger partial charge in [-0.3, -0.25) is 4.99 Å². The van der Waals surface area contributed by atoms with Crippen LogP contribution in [-0.2, 0) is 17.9 Å². The van der Waals surface area contributed by atoms with Gasteiger partial charge in [0.05, 0.1) is 6.61 Å². The van der Waals surface area contributed by atoms with Crippen LogP contribution in [0.3, 0.4) is 0 Å². The molecule has 3 rings (SSSR count). The van der Waals surface area contributed by atoms with E-state index in [1.54, 1.807) is 31.6 Å². The minimum atomic E-state index is -4.32. The molecule has 30 heavy (non-hydrogen) atoms. The zero-order valence-electron chi connectivity index (χ0n) is 16.8. The summed E-state index contributed by atoms with van der Waals surface area (Å²) in [5.41, 5.74) is 1.64. The number of ether oxygens (including phenoxy) is 1. The molecule has 0 radical (unpaired) electrons. The highest BCUT2D eigenvalue weighted by molar-refractivity contribution is 5.80. The average molecular weight is 422 g/mol. The number of hydrogen-bond donors (Lipinski definition) is 1. The molecule has 2 heterocycles. The van der Waals surface area contributed by atoms with Gasteiger partial charge in [-0.15, -0.1) is 0 Å². The lowest BCUT2D eigenvalue weighted by Gasteiger charge is -2.36. The molecule has 162 valence electrons. The van der Waals surface area contributed by atoms with Gasteiger partial charge in [0.25, 0.3) is 0 Å². The molecule has 0 spiro atoms. The standard InChI is InChI=1S/C20H25F3N6O/c1-24-18(28-8-10-29(11-9-28)19-25-6-3-7-26-19)27-13-16-4-2-5-17(12-16)14-30-15-20(21,22)23/h2-7,12H,8-11,13-15H2,1H3,(H,24,27). The molecule has 10 heteroatoms. The number of hydrogen-bond acceptors (Lipinski definition) is 5. The van der Waals surface area contributed by atoms with Crippen LogP contribution in [-0.4, -0.2) is 66.8 Å². The SMILES string of the molecule is CN=C(NCc1cccc(COCC(F)(F)F)c1)N1CCN(c2ncccn2)CC1. The molecular weight excluding hydrogens is 397 g/mol. The Hall–Kier alpha value is -2.88. The fourth-order valence-corrected chi connectivity index (χ4v) is 3.20. The Morgan fingerprint density at radius 1 is 1.10 bits per heavy atom. The van der Waals surface area contributed by atoms with E-state index < -0.39 is 12.8 Å². The van der Waals surface area contributed by atoms with Gasteiger partial charge in [0, 0.05) is 52.2 Å². The Morgan fingerprint density at radius 2 is 1.80 bits per heavy atom. The van der Waals surface area contributed by atoms with Crippen molar-refractivity contribution in [1.29, 1.82) is 0 Å². The van der Waals surface area contributed by atoms with Crippen LogP contribution in [0.2, 0.25) is 0 Å². The Bertz CT molecular complexity index is 823. The molecule has 1 aromatic heterocycles. The van der Waals surface area contributed by atoms with E-state index in [-0.39, 0.29) is 6.61 Å². The van der Waals surface area contributed by atoms with Crippen molar-refractivity contribution in [1.82, 2.24) is 20.2 Å². The van der Waals surface area contributed by atoms with Gasteiger partial charge in [-0.25, -0.2) is 9.97 Å². The normalized spacial score (nSPS) is 15.4. The van der Waals surface area contributed by atoms with Crippen molar-refractivity contribution in [3.05, 3.63) is 53.9 Å². The fourth-order valence-electron chi connectivity index (χ4n) is 3.20. The summed E-state index contributed by atoms with van der Waals surface area (Å²) in [4.78, 5) is 17.2. The maximum atomic E-state index is 12.2. The van der Waals surface area contributed by atoms with E-state index in [9.17, 15) is 13.2 Å². The van der Waals surface area contributed by atoms with Gasteiger partial charge in [0.1, 0.15) is 6.61 Å². The summed E-state index contributed by atoms with van der Waals surface area (Å²) in [6.45, 7) is 2.33. The van der Waals surface area contributed by atoms with Gasteiger partial charge in [-0.05, 0) is 17.2 Å². The van der Waals surface area contributed by atoms with E-state index in [1.807, 2.05) is 18.2 Å². The number of guanidine groups is 1. The third kappa shape index (κ3) is 6.58. The third-order valence-corrected chi connectivity index (χ3v) is 4.60. The second kappa shape index (κ2) is 10.2. The molecule has 1 N–H and O–H groups in total. The van der Waals surface area contributed by atoms with Gasteiger partial charge in [-0.2, -0.15) is 13.2 Å². The van der Waals surface area contributed by atoms with Gasteiger partial charge >= 0.3 is 6.18 Å². The predicted octanol–water partition coefficient (Wildman–Crippen LogP) is 2.45. The summed E-state index contributed by atoms with van der Waals surface area (Å²) in [6, 6.07) is 9.10. The topological polar surface area (TPSA) is 65.9 Å². The Kier molecular flexibility index (Phi) is 7.45. The van der Waals surface area contributed by atoms with Crippen molar-refractivity contribution in [2.24, 2.45) is 4.99 Å². The van der Waals surface area contributed by atoms with E-state index in [0.717, 1.165) is 43.7 Å². The second-order valence-corrected chi connectivity index (χ2v) is 6.85. The van der Waals surface area contributed by atoms with Crippen molar-refractivity contribution in [3.8, 4) is 0 Å². The maximum Gasteiger partial charge on any atom is 0.411 e. The first-order chi connectivity index (χ1) is 14.4. The predicted molar refractivity (Wildman–Crippen MR) is 108 cm³/mol. The molecule has 7 nitrogen and oxygen atoms in total. The molecule has 1 aliphatic heterocycles. The molecule has 0 unspecified atom stereocenters. The lowest BCUT2D eigenvalue weighted by molar-refractivity contribution is -0.176. The number of piperazine rings is 1. The van der Waals surface area contributed by atoms with Crippen LogP contribution in [0.1, 0.15) is 11.1 Å². The molecule has 0 saturated carbocycles. The number of benzene rings is 1. The molecule has 1 fully saturated rings. The second-order valence-electron chi connectivity index (χ2n) is 6.85. The number of nitrogens with one attached hydrogen (secondary N) is 1. The number of aliphatic imine (C=N–C) groups is 1. The maximum absolute atomic E-state index is 12.2. The fraction of sp³-hybridized carbons (Fsp3) is 0.450. The Balaban J connectivity index is 1.48. The first-order valence-electron chi connectivity index (χ1n) is 9.64. The number of anilines is 1. The molecule has 0 aliphatic carbocycles. The molecule has 1 aromatic carbocycles. The van der Waals surface area contributed by atoms with Gasteiger partial charge in [-0.1, -0.05) is 24.3 Å². The lowest BCUT2D eigenvalue weighted by atomic mass is 10.1. The summed E-state index contributed by atoms with van der Waals surface area (Å²) in [6.07, 6.45) is -0.850. The molecule has 0 amide bonds. The first kappa shape index (κ1) is 21.8. The summed E-state index contributed by atoms with van der Waals surface area (Å²) < 4.78 is 41.4. The van der Waals surface area contributed by atoms with Crippen LogP contribution >= 0.6 is 0 Å². The lowest BCUT2D eigenvalue weighted by Crippen LogP contribution is -2.52. The zero-order chi connectivity index (χ0) is 21.4. The van der Waals surface area contributed by atoms with Crippen LogP contribution < -0.4 is 10.2 Å². The molecule has 1 aliphatic rings. The van der Waals surface area contributed by atoms with Crippen molar-refractivity contribution in [2.75, 3.05) is 44.7 Å². The molecule has 1 saturated heterocycles. The largest absolute Gasteiger partial charge is 0.411 e. The Labute approximate surface area is 173 Å². The number of aromatic nitrogens is 2. The van der Waals surface area contributed by atoms with E-state index in [0.29, 0.717) is 12.1 Å². The van der Waals surface area contributed by atoms with Gasteiger partial charge < -0.3 is 19.9 Å². The van der Waals surface area contributed by atoms with Crippen LogP contribution in [0.5, 0.6) is 0 Å². The first-order valence-corrected chi connectivity index (χ1v) is 9.64. The van der Waals surface area contributed by atoms with Crippen LogP contribution in [0.25, 0.3) is 0 Å². The van der Waals surface area contributed by atoms with Crippen molar-refractivity contribution in [3.63, 3.8) is 0 Å². The highest BCUT2D eigenvalue weighted by Gasteiger charge is 2.27. The third-order valence-electron chi connectivity index (χ3n) is 4.60. The molecule has 0 atom stereocenters. The number of nitrogens with zero attached hydrogens (tertiary/aromatic N) is 5. The molecule has 2 aromatic rings. The summed E-state index contributed by atoms with van der Waals surface area (Å²) in [7, 11) is 1.73. The number of alkyl halides is 3. The zero-order valence-corrected chi connectivity index (χ0v) is 16.8. The van der Waals surface area contributed by atoms with E-state index in [4.69, 9.17) is 4.74 Å². The van der Waals surface area contributed by atoms with Crippen molar-refractivity contribution < 1.29 is 17.9 Å². The molecular formula is C20H25F3N6O. The Morgan fingerprint density at radius 3 is 2.47 bits per heavy atom. The summed E-state index contributed by atoms with van der Waals surface area (Å²) >= 11 is 0. The highest BCUT2D eigenvalue weighted by atomic mass is 19.4. The van der Waals surface area contributed by atoms with Crippen molar-refractivity contribution >= 4 is 11.9 Å². The minimum Gasteiger partial charge on any atom is -0.367 e. The average Bonchev–Trinajstić information content (AvgIpc) is 2.75. The van der Waals surface area contributed by atoms with E-state index in [2.05, 4.69) is 30.1 Å². The quantitative estimate of drug-likeness (QED) is 0.570. The van der Waals surface area contributed by atoms with Crippen LogP contribution in [0, 0.1) is 0 Å². The number of rotatable bonds is 6. The van der Waals surface area contributed by atoms with E-state index >= 15 is 0 Å². The molecule has 0 bridgehead atoms. The summed E-state index contributed by atoms with van der Waals surface area (Å²) in [5, 5.41) is 3.32. The minimum absolute atomic E-state index is 0.0778. The van der Waals surface area contributed by atoms with E-state index in [1.165, 1.54) is 0 Å². The van der Waals surface area contributed by atoms with Crippen molar-refractivity contribution in [2.45, 2.75) is 19.3 Å². The van der Waals surface area contributed by atoms with Gasteiger partial charge in [0.2, 0.25) is 5.95 Å². The number of halogens is 3. The van der Waals surface area contributed by atoms with Crippen LogP contribution in [0.4, 0.5) is 19.1 Å². The monoisotopic (exact) mass is 422 g/mol. The summed E-state index contributed by atoms with van der Waals surface area (Å²) in [5.74, 6) is 1.51. The van der Waals surface area contributed by atoms with Gasteiger partial charge in [0.15, 0.2) is 5.96 Å². The highest BCUT2D eigenvalue weighted by Crippen LogP contribution is 2.16.